The molecule has 2 rings (SSSR count). The summed E-state index contributed by atoms with van der Waals surface area (Å²) in [5.74, 6) is 0.944. The zero-order valence-corrected chi connectivity index (χ0v) is 11.9. The quantitative estimate of drug-likeness (QED) is 0.847. The fourth-order valence-electron chi connectivity index (χ4n) is 2.98. The van der Waals surface area contributed by atoms with E-state index in [1.807, 2.05) is 30.1 Å². The standard InChI is InChI=1S/C16H24N2O/c1-3-12-7-9-15(10-8-12)18(2)16(19)13-5-4-6-14(17)11-13/h4-6,11-12,15H,3,7-10,17H2,1-2H3. The zero-order chi connectivity index (χ0) is 13.8. The molecule has 1 aromatic rings. The van der Waals surface area contributed by atoms with E-state index >= 15 is 0 Å². The molecular formula is C16H24N2O. The number of carbonyl (C=O) groups excluding carboxylic acids is 1. The van der Waals surface area contributed by atoms with Crippen molar-refractivity contribution in [1.29, 1.82) is 0 Å². The first-order valence-corrected chi connectivity index (χ1v) is 7.24. The van der Waals surface area contributed by atoms with Gasteiger partial charge in [0.2, 0.25) is 0 Å². The second-order valence-electron chi connectivity index (χ2n) is 5.62. The number of anilines is 1. The highest BCUT2D eigenvalue weighted by Gasteiger charge is 2.26. The summed E-state index contributed by atoms with van der Waals surface area (Å²) >= 11 is 0. The number of nitrogens with zero attached hydrogens (tertiary/aromatic N) is 1. The van der Waals surface area contributed by atoms with Crippen molar-refractivity contribution in [3.05, 3.63) is 29.8 Å². The molecule has 0 atom stereocenters. The summed E-state index contributed by atoms with van der Waals surface area (Å²) < 4.78 is 0. The molecule has 1 aromatic carbocycles. The van der Waals surface area contributed by atoms with E-state index in [2.05, 4.69) is 6.92 Å². The number of hydrogen-bond donors (Lipinski definition) is 1. The second-order valence-corrected chi connectivity index (χ2v) is 5.62. The third-order valence-corrected chi connectivity index (χ3v) is 4.40. The molecular weight excluding hydrogens is 236 g/mol. The van der Waals surface area contributed by atoms with Gasteiger partial charge in [-0.1, -0.05) is 19.4 Å². The molecule has 0 saturated heterocycles. The molecule has 0 heterocycles. The van der Waals surface area contributed by atoms with Crippen LogP contribution in [0.15, 0.2) is 24.3 Å². The summed E-state index contributed by atoms with van der Waals surface area (Å²) in [5.41, 5.74) is 7.08. The van der Waals surface area contributed by atoms with Crippen LogP contribution >= 0.6 is 0 Å². The van der Waals surface area contributed by atoms with E-state index in [1.54, 1.807) is 6.07 Å². The van der Waals surface area contributed by atoms with Crippen LogP contribution in [0.4, 0.5) is 5.69 Å². The van der Waals surface area contributed by atoms with Gasteiger partial charge in [-0.2, -0.15) is 0 Å². The first-order valence-electron chi connectivity index (χ1n) is 7.24. The minimum Gasteiger partial charge on any atom is -0.399 e. The SMILES string of the molecule is CCC1CCC(N(C)C(=O)c2cccc(N)c2)CC1. The van der Waals surface area contributed by atoms with Crippen LogP contribution in [0, 0.1) is 5.92 Å². The lowest BCUT2D eigenvalue weighted by Crippen LogP contribution is -2.39. The van der Waals surface area contributed by atoms with Crippen LogP contribution < -0.4 is 5.73 Å². The van der Waals surface area contributed by atoms with Gasteiger partial charge in [0, 0.05) is 24.3 Å². The van der Waals surface area contributed by atoms with Crippen LogP contribution in [0.2, 0.25) is 0 Å². The fraction of sp³-hybridized carbons (Fsp3) is 0.562. The van der Waals surface area contributed by atoms with E-state index in [0.717, 1.165) is 18.8 Å². The Labute approximate surface area is 115 Å². The van der Waals surface area contributed by atoms with Gasteiger partial charge in [0.25, 0.3) is 5.91 Å². The fourth-order valence-corrected chi connectivity index (χ4v) is 2.98. The Kier molecular flexibility index (Phi) is 4.46. The van der Waals surface area contributed by atoms with E-state index in [4.69, 9.17) is 5.73 Å². The minimum atomic E-state index is 0.0900. The predicted molar refractivity (Wildman–Crippen MR) is 79.0 cm³/mol. The highest BCUT2D eigenvalue weighted by Crippen LogP contribution is 2.29. The Morgan fingerprint density at radius 2 is 2.00 bits per heavy atom. The number of nitrogens with two attached hydrogens (primary N) is 1. The number of rotatable bonds is 3. The lowest BCUT2D eigenvalue weighted by molar-refractivity contribution is 0.0675. The van der Waals surface area contributed by atoms with Crippen LogP contribution in [-0.4, -0.2) is 23.9 Å². The number of amides is 1. The highest BCUT2D eigenvalue weighted by atomic mass is 16.2. The minimum absolute atomic E-state index is 0.0900. The molecule has 3 nitrogen and oxygen atoms in total. The molecule has 104 valence electrons. The van der Waals surface area contributed by atoms with Gasteiger partial charge in [0.05, 0.1) is 0 Å². The molecule has 0 bridgehead atoms. The Morgan fingerprint density at radius 3 is 2.58 bits per heavy atom. The Morgan fingerprint density at radius 1 is 1.32 bits per heavy atom. The molecule has 0 spiro atoms. The van der Waals surface area contributed by atoms with Gasteiger partial charge < -0.3 is 10.6 Å². The number of carbonyl (C=O) groups is 1. The topological polar surface area (TPSA) is 46.3 Å². The first kappa shape index (κ1) is 13.9. The van der Waals surface area contributed by atoms with Gasteiger partial charge in [0.1, 0.15) is 0 Å². The lowest BCUT2D eigenvalue weighted by atomic mass is 9.84. The normalized spacial score (nSPS) is 23.1. The molecule has 1 amide bonds. The van der Waals surface area contributed by atoms with Crippen molar-refractivity contribution in [3.8, 4) is 0 Å². The predicted octanol–water partition coefficient (Wildman–Crippen LogP) is 3.31. The van der Waals surface area contributed by atoms with Gasteiger partial charge in [-0.05, 0) is 49.8 Å². The van der Waals surface area contributed by atoms with Crippen molar-refractivity contribution in [2.75, 3.05) is 12.8 Å². The van der Waals surface area contributed by atoms with E-state index in [0.29, 0.717) is 17.3 Å². The molecule has 0 unspecified atom stereocenters. The van der Waals surface area contributed by atoms with E-state index in [9.17, 15) is 4.79 Å². The third-order valence-electron chi connectivity index (χ3n) is 4.40. The molecule has 1 saturated carbocycles. The summed E-state index contributed by atoms with van der Waals surface area (Å²) in [6.07, 6.45) is 6.01. The van der Waals surface area contributed by atoms with Crippen LogP contribution in [0.3, 0.4) is 0 Å². The maximum Gasteiger partial charge on any atom is 0.253 e. The zero-order valence-electron chi connectivity index (χ0n) is 11.9. The molecule has 1 aliphatic rings. The first-order chi connectivity index (χ1) is 9.11. The number of hydrogen-bond acceptors (Lipinski definition) is 2. The third kappa shape index (κ3) is 3.28. The van der Waals surface area contributed by atoms with Gasteiger partial charge in [-0.3, -0.25) is 4.79 Å². The van der Waals surface area contributed by atoms with Crippen molar-refractivity contribution in [1.82, 2.24) is 4.90 Å². The van der Waals surface area contributed by atoms with Crippen molar-refractivity contribution in [2.24, 2.45) is 5.92 Å². The Bertz CT molecular complexity index is 436. The van der Waals surface area contributed by atoms with Crippen LogP contribution in [0.25, 0.3) is 0 Å². The van der Waals surface area contributed by atoms with E-state index in [-0.39, 0.29) is 5.91 Å². The van der Waals surface area contributed by atoms with Gasteiger partial charge in [-0.25, -0.2) is 0 Å². The summed E-state index contributed by atoms with van der Waals surface area (Å²) in [4.78, 5) is 14.3. The largest absolute Gasteiger partial charge is 0.399 e. The smallest absolute Gasteiger partial charge is 0.253 e. The van der Waals surface area contributed by atoms with Crippen molar-refractivity contribution in [3.63, 3.8) is 0 Å². The maximum atomic E-state index is 12.4. The Balaban J connectivity index is 2.00. The lowest BCUT2D eigenvalue weighted by Gasteiger charge is -2.34. The van der Waals surface area contributed by atoms with Crippen LogP contribution in [0.1, 0.15) is 49.4 Å². The number of benzene rings is 1. The van der Waals surface area contributed by atoms with Crippen molar-refractivity contribution >= 4 is 11.6 Å². The molecule has 2 N–H and O–H groups in total. The second kappa shape index (κ2) is 6.09. The molecule has 3 heteroatoms. The van der Waals surface area contributed by atoms with Gasteiger partial charge >= 0.3 is 0 Å². The molecule has 19 heavy (non-hydrogen) atoms. The van der Waals surface area contributed by atoms with Gasteiger partial charge in [-0.15, -0.1) is 0 Å². The van der Waals surface area contributed by atoms with E-state index in [1.165, 1.54) is 19.3 Å². The average Bonchev–Trinajstić information content (AvgIpc) is 2.46. The van der Waals surface area contributed by atoms with Gasteiger partial charge in [0.15, 0.2) is 0 Å². The van der Waals surface area contributed by atoms with Crippen molar-refractivity contribution in [2.45, 2.75) is 45.1 Å². The summed E-state index contributed by atoms with van der Waals surface area (Å²) in [5, 5.41) is 0. The highest BCUT2D eigenvalue weighted by molar-refractivity contribution is 5.95. The monoisotopic (exact) mass is 260 g/mol. The molecule has 0 aliphatic heterocycles. The average molecular weight is 260 g/mol. The molecule has 1 aliphatic carbocycles. The summed E-state index contributed by atoms with van der Waals surface area (Å²) in [6.45, 7) is 2.26. The number of nitrogen functional groups attached to an aromatic ring is 1. The summed E-state index contributed by atoms with van der Waals surface area (Å²) in [6, 6.07) is 7.63. The molecule has 0 radical (unpaired) electrons. The van der Waals surface area contributed by atoms with Crippen LogP contribution in [-0.2, 0) is 0 Å². The van der Waals surface area contributed by atoms with Crippen LogP contribution in [0.5, 0.6) is 0 Å². The van der Waals surface area contributed by atoms with E-state index < -0.39 is 0 Å². The Hall–Kier alpha value is -1.51. The maximum absolute atomic E-state index is 12.4. The van der Waals surface area contributed by atoms with Crippen molar-refractivity contribution < 1.29 is 4.79 Å². The molecule has 1 fully saturated rings. The summed E-state index contributed by atoms with van der Waals surface area (Å²) in [7, 11) is 1.92. The molecule has 0 aromatic heterocycles.